The minimum absolute atomic E-state index is 0.0137. The standard InChI is InChI=1S/C21H24N2O3/c24-20-14-26-21(15-22-20)10-11-23(16-21)12-17-6-8-19(9-7-17)25-13-18-4-2-1-3-5-18/h1-9H,10-16H2,(H,22,24). The molecule has 5 heteroatoms. The fraction of sp³-hybridized carbons (Fsp3) is 0.381. The molecule has 2 saturated heterocycles. The highest BCUT2D eigenvalue weighted by Gasteiger charge is 2.41. The molecule has 2 fully saturated rings. The van der Waals surface area contributed by atoms with Crippen molar-refractivity contribution in [1.82, 2.24) is 10.2 Å². The fourth-order valence-electron chi connectivity index (χ4n) is 3.60. The van der Waals surface area contributed by atoms with E-state index in [0.29, 0.717) is 13.2 Å². The lowest BCUT2D eigenvalue weighted by Crippen LogP contribution is -2.53. The number of hydrogen-bond donors (Lipinski definition) is 1. The van der Waals surface area contributed by atoms with Crippen molar-refractivity contribution < 1.29 is 14.3 Å². The molecule has 136 valence electrons. The van der Waals surface area contributed by atoms with Crippen LogP contribution in [0.25, 0.3) is 0 Å². The summed E-state index contributed by atoms with van der Waals surface area (Å²) in [6, 6.07) is 18.5. The summed E-state index contributed by atoms with van der Waals surface area (Å²) >= 11 is 0. The first kappa shape index (κ1) is 17.1. The van der Waals surface area contributed by atoms with Crippen LogP contribution in [0.4, 0.5) is 0 Å². The summed E-state index contributed by atoms with van der Waals surface area (Å²) in [7, 11) is 0. The Labute approximate surface area is 153 Å². The number of likely N-dealkylation sites (tertiary alicyclic amines) is 1. The van der Waals surface area contributed by atoms with Gasteiger partial charge in [0.1, 0.15) is 19.0 Å². The Morgan fingerprint density at radius 2 is 1.88 bits per heavy atom. The van der Waals surface area contributed by atoms with E-state index in [4.69, 9.17) is 9.47 Å². The second-order valence-corrected chi connectivity index (χ2v) is 7.13. The van der Waals surface area contributed by atoms with Crippen LogP contribution in [0.5, 0.6) is 5.75 Å². The summed E-state index contributed by atoms with van der Waals surface area (Å²) in [6.45, 7) is 4.12. The summed E-state index contributed by atoms with van der Waals surface area (Å²) in [6.07, 6.45) is 0.964. The number of amides is 1. The van der Waals surface area contributed by atoms with E-state index >= 15 is 0 Å². The van der Waals surface area contributed by atoms with Crippen LogP contribution >= 0.6 is 0 Å². The maximum atomic E-state index is 11.3. The van der Waals surface area contributed by atoms with E-state index in [-0.39, 0.29) is 18.1 Å². The Hall–Kier alpha value is -2.37. The van der Waals surface area contributed by atoms with E-state index in [1.807, 2.05) is 30.3 Å². The van der Waals surface area contributed by atoms with Gasteiger partial charge >= 0.3 is 0 Å². The van der Waals surface area contributed by atoms with Crippen LogP contribution in [0.15, 0.2) is 54.6 Å². The summed E-state index contributed by atoms with van der Waals surface area (Å²) in [4.78, 5) is 13.7. The topological polar surface area (TPSA) is 50.8 Å². The normalized spacial score (nSPS) is 23.2. The molecule has 2 aromatic rings. The van der Waals surface area contributed by atoms with Crippen LogP contribution in [-0.2, 0) is 22.7 Å². The van der Waals surface area contributed by atoms with Gasteiger partial charge in [0.25, 0.3) is 0 Å². The summed E-state index contributed by atoms with van der Waals surface area (Å²) in [5.41, 5.74) is 2.22. The van der Waals surface area contributed by atoms with Gasteiger partial charge in [-0.25, -0.2) is 0 Å². The number of rotatable bonds is 5. The zero-order chi connectivity index (χ0) is 17.8. The SMILES string of the molecule is O=C1COC2(CCN(Cc3ccc(OCc4ccccc4)cc3)C2)CN1. The van der Waals surface area contributed by atoms with Crippen LogP contribution in [0.2, 0.25) is 0 Å². The fourth-order valence-corrected chi connectivity index (χ4v) is 3.60. The van der Waals surface area contributed by atoms with Crippen molar-refractivity contribution in [1.29, 1.82) is 0 Å². The molecule has 1 amide bonds. The quantitative estimate of drug-likeness (QED) is 0.898. The summed E-state index contributed by atoms with van der Waals surface area (Å²) in [5.74, 6) is 0.869. The van der Waals surface area contributed by atoms with Crippen molar-refractivity contribution >= 4 is 5.91 Å². The average Bonchev–Trinajstić information content (AvgIpc) is 3.07. The first-order chi connectivity index (χ1) is 12.7. The third-order valence-corrected chi connectivity index (χ3v) is 5.09. The number of benzene rings is 2. The Bertz CT molecular complexity index is 736. The van der Waals surface area contributed by atoms with Gasteiger partial charge in [-0.1, -0.05) is 42.5 Å². The van der Waals surface area contributed by atoms with Gasteiger partial charge in [-0.05, 0) is 29.7 Å². The summed E-state index contributed by atoms with van der Waals surface area (Å²) in [5, 5.41) is 2.93. The smallest absolute Gasteiger partial charge is 0.246 e. The molecule has 0 saturated carbocycles. The molecule has 2 heterocycles. The number of nitrogens with one attached hydrogen (secondary N) is 1. The average molecular weight is 352 g/mol. The molecular formula is C21H24N2O3. The Morgan fingerprint density at radius 1 is 1.08 bits per heavy atom. The zero-order valence-electron chi connectivity index (χ0n) is 14.8. The second-order valence-electron chi connectivity index (χ2n) is 7.13. The van der Waals surface area contributed by atoms with E-state index in [9.17, 15) is 4.79 Å². The van der Waals surface area contributed by atoms with Gasteiger partial charge in [0.15, 0.2) is 0 Å². The predicted octanol–water partition coefficient (Wildman–Crippen LogP) is 2.36. The van der Waals surface area contributed by atoms with Crippen LogP contribution in [0.1, 0.15) is 17.5 Å². The van der Waals surface area contributed by atoms with E-state index in [0.717, 1.165) is 31.8 Å². The highest BCUT2D eigenvalue weighted by molar-refractivity contribution is 5.78. The summed E-state index contributed by atoms with van der Waals surface area (Å²) < 4.78 is 11.7. The molecule has 1 spiro atoms. The minimum Gasteiger partial charge on any atom is -0.489 e. The first-order valence-electron chi connectivity index (χ1n) is 9.10. The van der Waals surface area contributed by atoms with E-state index in [1.165, 1.54) is 11.1 Å². The lowest BCUT2D eigenvalue weighted by molar-refractivity contribution is -0.142. The van der Waals surface area contributed by atoms with Crippen LogP contribution < -0.4 is 10.1 Å². The van der Waals surface area contributed by atoms with E-state index in [2.05, 4.69) is 34.5 Å². The Balaban J connectivity index is 1.28. The number of hydrogen-bond acceptors (Lipinski definition) is 4. The molecule has 2 aromatic carbocycles. The number of carbonyl (C=O) groups excluding carboxylic acids is 1. The number of nitrogens with zero attached hydrogens (tertiary/aromatic N) is 1. The molecular weight excluding hydrogens is 328 g/mol. The van der Waals surface area contributed by atoms with Gasteiger partial charge < -0.3 is 14.8 Å². The van der Waals surface area contributed by atoms with Crippen molar-refractivity contribution in [3.05, 3.63) is 65.7 Å². The molecule has 1 N–H and O–H groups in total. The van der Waals surface area contributed by atoms with Gasteiger partial charge in [0, 0.05) is 26.2 Å². The van der Waals surface area contributed by atoms with Crippen molar-refractivity contribution in [3.8, 4) is 5.75 Å². The number of ether oxygens (including phenoxy) is 2. The molecule has 26 heavy (non-hydrogen) atoms. The van der Waals surface area contributed by atoms with Crippen LogP contribution in [-0.4, -0.2) is 42.6 Å². The third kappa shape index (κ3) is 4.06. The molecule has 2 aliphatic rings. The molecule has 0 aliphatic carbocycles. The van der Waals surface area contributed by atoms with Crippen molar-refractivity contribution in [2.24, 2.45) is 0 Å². The van der Waals surface area contributed by atoms with Crippen LogP contribution in [0.3, 0.4) is 0 Å². The van der Waals surface area contributed by atoms with Gasteiger partial charge in [0.05, 0.1) is 5.60 Å². The highest BCUT2D eigenvalue weighted by atomic mass is 16.5. The van der Waals surface area contributed by atoms with E-state index < -0.39 is 0 Å². The van der Waals surface area contributed by atoms with Gasteiger partial charge in [-0.15, -0.1) is 0 Å². The van der Waals surface area contributed by atoms with Crippen LogP contribution in [0, 0.1) is 0 Å². The Morgan fingerprint density at radius 3 is 2.62 bits per heavy atom. The molecule has 0 radical (unpaired) electrons. The molecule has 5 nitrogen and oxygen atoms in total. The monoisotopic (exact) mass is 352 g/mol. The molecule has 0 aromatic heterocycles. The highest BCUT2D eigenvalue weighted by Crippen LogP contribution is 2.28. The van der Waals surface area contributed by atoms with Gasteiger partial charge in [0.2, 0.25) is 5.91 Å². The number of morpholine rings is 1. The molecule has 4 rings (SSSR count). The molecule has 0 bridgehead atoms. The zero-order valence-corrected chi connectivity index (χ0v) is 14.8. The second kappa shape index (κ2) is 7.48. The largest absolute Gasteiger partial charge is 0.489 e. The molecule has 1 atom stereocenters. The van der Waals surface area contributed by atoms with Crippen molar-refractivity contribution in [2.45, 2.75) is 25.2 Å². The van der Waals surface area contributed by atoms with E-state index in [1.54, 1.807) is 0 Å². The minimum atomic E-state index is -0.202. The number of carbonyl (C=O) groups is 1. The maximum Gasteiger partial charge on any atom is 0.246 e. The first-order valence-corrected chi connectivity index (χ1v) is 9.10. The van der Waals surface area contributed by atoms with Gasteiger partial charge in [-0.2, -0.15) is 0 Å². The molecule has 1 unspecified atom stereocenters. The lowest BCUT2D eigenvalue weighted by atomic mass is 10.0. The van der Waals surface area contributed by atoms with Crippen molar-refractivity contribution in [2.75, 3.05) is 26.2 Å². The Kier molecular flexibility index (Phi) is 4.91. The molecule has 2 aliphatic heterocycles. The predicted molar refractivity (Wildman–Crippen MR) is 98.8 cm³/mol. The lowest BCUT2D eigenvalue weighted by Gasteiger charge is -2.33. The van der Waals surface area contributed by atoms with Crippen molar-refractivity contribution in [3.63, 3.8) is 0 Å². The maximum absolute atomic E-state index is 11.3. The van der Waals surface area contributed by atoms with Gasteiger partial charge in [-0.3, -0.25) is 9.69 Å². The third-order valence-electron chi connectivity index (χ3n) is 5.09.